The van der Waals surface area contributed by atoms with Crippen LogP contribution in [0.4, 0.5) is 0 Å². The van der Waals surface area contributed by atoms with Gasteiger partial charge in [0, 0.05) is 6.42 Å². The lowest BCUT2D eigenvalue weighted by Crippen LogP contribution is -2.46. The topological polar surface area (TPSA) is 108 Å². The van der Waals surface area contributed by atoms with E-state index in [0.717, 1.165) is 89.9 Å². The Labute approximate surface area is 395 Å². The number of likely N-dealkylation sites (N-methyl/N-ethyl adjacent to an activating group) is 1. The molecule has 0 heterocycles. The van der Waals surface area contributed by atoms with Crippen LogP contribution >= 0.6 is 7.82 Å². The third-order valence-electron chi connectivity index (χ3n) is 11.1. The molecule has 0 fully saturated rings. The van der Waals surface area contributed by atoms with Gasteiger partial charge in [0.15, 0.2) is 0 Å². The molecule has 0 radical (unpaired) electrons. The minimum absolute atomic E-state index is 0.000801. The molecule has 3 unspecified atom stereocenters. The van der Waals surface area contributed by atoms with E-state index in [1.807, 2.05) is 21.1 Å². The maximum Gasteiger partial charge on any atom is 0.268 e. The van der Waals surface area contributed by atoms with Gasteiger partial charge in [0.2, 0.25) is 5.91 Å². The Hall–Kier alpha value is -2.32. The predicted octanol–water partition coefficient (Wildman–Crippen LogP) is 14.7. The normalized spacial score (nSPS) is 14.8. The van der Waals surface area contributed by atoms with E-state index in [2.05, 4.69) is 104 Å². The summed E-state index contributed by atoms with van der Waals surface area (Å²) >= 11 is 0. The highest BCUT2D eigenvalue weighted by Crippen LogP contribution is 2.38. The highest BCUT2D eigenvalue weighted by molar-refractivity contribution is 7.45. The zero-order valence-corrected chi connectivity index (χ0v) is 42.8. The highest BCUT2D eigenvalue weighted by Gasteiger charge is 2.24. The highest BCUT2D eigenvalue weighted by atomic mass is 31.2. The van der Waals surface area contributed by atoms with Crippen molar-refractivity contribution in [3.63, 3.8) is 0 Å². The Morgan fingerprint density at radius 2 is 0.953 bits per heavy atom. The first-order valence-electron chi connectivity index (χ1n) is 25.9. The van der Waals surface area contributed by atoms with Crippen molar-refractivity contribution in [3.05, 3.63) is 85.1 Å². The summed E-state index contributed by atoms with van der Waals surface area (Å²) in [5, 5.41) is 14.0. The average Bonchev–Trinajstić information content (AvgIpc) is 3.25. The molecule has 0 aromatic heterocycles. The molecule has 1 amide bonds. The van der Waals surface area contributed by atoms with Crippen LogP contribution in [0.5, 0.6) is 0 Å². The molecule has 0 rings (SSSR count). The maximum atomic E-state index is 12.9. The maximum absolute atomic E-state index is 12.9. The summed E-state index contributed by atoms with van der Waals surface area (Å²) < 4.78 is 23.3. The zero-order valence-electron chi connectivity index (χ0n) is 42.0. The molecule has 8 nitrogen and oxygen atoms in total. The van der Waals surface area contributed by atoms with Gasteiger partial charge in [-0.15, -0.1) is 0 Å². The van der Waals surface area contributed by atoms with Crippen LogP contribution in [-0.4, -0.2) is 68.5 Å². The fourth-order valence-electron chi connectivity index (χ4n) is 7.08. The smallest absolute Gasteiger partial charge is 0.268 e. The number of carbonyl (C=O) groups is 1. The van der Waals surface area contributed by atoms with Crippen molar-refractivity contribution in [3.8, 4) is 0 Å². The summed E-state index contributed by atoms with van der Waals surface area (Å²) in [6, 6.07) is -0.824. The quantitative estimate of drug-likeness (QED) is 0.0273. The van der Waals surface area contributed by atoms with Gasteiger partial charge in [0.05, 0.1) is 39.9 Å². The Morgan fingerprint density at radius 3 is 1.38 bits per heavy atom. The molecular weight excluding hydrogens is 816 g/mol. The number of hydrogen-bond donors (Lipinski definition) is 2. The van der Waals surface area contributed by atoms with Crippen molar-refractivity contribution in [2.24, 2.45) is 0 Å². The molecule has 0 aliphatic heterocycles. The van der Waals surface area contributed by atoms with Crippen LogP contribution in [0.2, 0.25) is 0 Å². The lowest BCUT2D eigenvalue weighted by molar-refractivity contribution is -0.870. The van der Waals surface area contributed by atoms with Gasteiger partial charge < -0.3 is 28.8 Å². The number of nitrogens with zero attached hydrogens (tertiary/aromatic N) is 1. The van der Waals surface area contributed by atoms with E-state index in [1.165, 1.54) is 89.9 Å². The molecule has 0 aromatic carbocycles. The second-order valence-corrected chi connectivity index (χ2v) is 19.9. The number of allylic oxidation sites excluding steroid dienone is 14. The first kappa shape index (κ1) is 61.7. The first-order valence-corrected chi connectivity index (χ1v) is 27.4. The number of quaternary nitrogens is 1. The minimum Gasteiger partial charge on any atom is -0.756 e. The minimum atomic E-state index is -4.59. The molecule has 0 bridgehead atoms. The van der Waals surface area contributed by atoms with Gasteiger partial charge in [0.1, 0.15) is 13.2 Å². The van der Waals surface area contributed by atoms with Crippen LogP contribution in [-0.2, 0) is 18.4 Å². The van der Waals surface area contributed by atoms with Crippen molar-refractivity contribution in [1.82, 2.24) is 5.32 Å². The molecule has 9 heteroatoms. The Bertz CT molecular complexity index is 1310. The Morgan fingerprint density at radius 1 is 0.562 bits per heavy atom. The van der Waals surface area contributed by atoms with Crippen molar-refractivity contribution in [1.29, 1.82) is 0 Å². The first-order chi connectivity index (χ1) is 31.0. The molecule has 2 N–H and O–H groups in total. The Kier molecular flexibility index (Phi) is 44.2. The molecule has 0 saturated carbocycles. The third-order valence-corrected chi connectivity index (χ3v) is 12.1. The van der Waals surface area contributed by atoms with Crippen LogP contribution in [0.25, 0.3) is 0 Å². The van der Waals surface area contributed by atoms with Crippen LogP contribution in [0, 0.1) is 0 Å². The molecule has 3 atom stereocenters. The third kappa shape index (κ3) is 47.6. The van der Waals surface area contributed by atoms with E-state index in [9.17, 15) is 19.4 Å². The van der Waals surface area contributed by atoms with Crippen molar-refractivity contribution < 1.29 is 32.9 Å². The van der Waals surface area contributed by atoms with E-state index < -0.39 is 20.0 Å². The summed E-state index contributed by atoms with van der Waals surface area (Å²) in [5.41, 5.74) is 0. The molecular formula is C55H99N2O6P. The van der Waals surface area contributed by atoms with Crippen LogP contribution in [0.3, 0.4) is 0 Å². The number of hydrogen-bond acceptors (Lipinski definition) is 6. The van der Waals surface area contributed by atoms with Gasteiger partial charge in [-0.2, -0.15) is 0 Å². The van der Waals surface area contributed by atoms with E-state index in [-0.39, 0.29) is 19.1 Å². The van der Waals surface area contributed by atoms with Gasteiger partial charge >= 0.3 is 0 Å². The van der Waals surface area contributed by atoms with Crippen molar-refractivity contribution in [2.75, 3.05) is 40.9 Å². The fraction of sp³-hybridized carbons (Fsp3) is 0.727. The second kappa shape index (κ2) is 45.8. The summed E-state index contributed by atoms with van der Waals surface area (Å²) in [5.74, 6) is -0.199. The van der Waals surface area contributed by atoms with E-state index in [0.29, 0.717) is 23.9 Å². The number of aliphatic hydroxyl groups excluding tert-OH is 1. The molecule has 0 spiro atoms. The van der Waals surface area contributed by atoms with Gasteiger partial charge in [-0.1, -0.05) is 214 Å². The molecule has 64 heavy (non-hydrogen) atoms. The van der Waals surface area contributed by atoms with Crippen LogP contribution < -0.4 is 10.2 Å². The van der Waals surface area contributed by atoms with Gasteiger partial charge in [-0.25, -0.2) is 0 Å². The van der Waals surface area contributed by atoms with Crippen molar-refractivity contribution >= 4 is 13.7 Å². The van der Waals surface area contributed by atoms with Gasteiger partial charge in [0.25, 0.3) is 7.82 Å². The Balaban J connectivity index is 4.36. The average molecular weight is 915 g/mol. The number of nitrogens with one attached hydrogen (secondary N) is 1. The summed E-state index contributed by atoms with van der Waals surface area (Å²) in [4.78, 5) is 25.4. The fourth-order valence-corrected chi connectivity index (χ4v) is 7.80. The SMILES string of the molecule is CC/C=C\C/C=C\C/C=C\C/C=C\C/C=C\C/C=C\C/C=C\CCCCCC(=O)NC(COP(=O)([O-])OCC[N+](C)(C)C)C(O)CCCCCCCCCCCCCCCCCCC. The predicted molar refractivity (Wildman–Crippen MR) is 274 cm³/mol. The second-order valence-electron chi connectivity index (χ2n) is 18.5. The lowest BCUT2D eigenvalue weighted by Gasteiger charge is -2.30. The van der Waals surface area contributed by atoms with E-state index >= 15 is 0 Å². The monoisotopic (exact) mass is 915 g/mol. The van der Waals surface area contributed by atoms with Gasteiger partial charge in [-0.05, 0) is 70.6 Å². The molecule has 0 saturated heterocycles. The zero-order chi connectivity index (χ0) is 47.1. The number of carbonyl (C=O) groups excluding carboxylic acids is 1. The van der Waals surface area contributed by atoms with E-state index in [1.54, 1.807) is 0 Å². The molecule has 0 aromatic rings. The largest absolute Gasteiger partial charge is 0.756 e. The van der Waals surface area contributed by atoms with Crippen LogP contribution in [0.1, 0.15) is 206 Å². The summed E-state index contributed by atoms with van der Waals surface area (Å²) in [7, 11) is 1.27. The number of phosphoric acid groups is 1. The molecule has 370 valence electrons. The molecule has 0 aliphatic rings. The number of rotatable bonds is 46. The molecule has 0 aliphatic carbocycles. The van der Waals surface area contributed by atoms with Crippen molar-refractivity contribution in [2.45, 2.75) is 219 Å². The van der Waals surface area contributed by atoms with E-state index in [4.69, 9.17) is 9.05 Å². The number of unbranched alkanes of at least 4 members (excludes halogenated alkanes) is 19. The van der Waals surface area contributed by atoms with Crippen LogP contribution in [0.15, 0.2) is 85.1 Å². The standard InChI is InChI=1S/C55H99N2O6P/c1-6-8-10-12-14-16-18-20-22-24-25-26-27-28-29-30-31-33-35-37-39-41-43-45-47-49-55(59)56-53(52-63-64(60,61)62-51-50-57(3,4)5)54(58)48-46-44-42-40-38-36-34-32-23-21-19-17-15-13-11-9-7-2/h8,10,14,16,20,22,25-26,28-29,31,33,37,39,53-54,58H,6-7,9,11-13,15,17-19,21,23-24,27,30,32,34-36,38,40-52H2,1-5H3,(H-,56,59,60,61)/b10-8-,16-14-,22-20-,26-25-,29-28-,33-31-,39-37-. The summed E-state index contributed by atoms with van der Waals surface area (Å²) in [6.45, 7) is 4.58. The number of aliphatic hydroxyl groups is 1. The number of phosphoric ester groups is 1. The van der Waals surface area contributed by atoms with Gasteiger partial charge in [-0.3, -0.25) is 9.36 Å². The number of amides is 1. The summed E-state index contributed by atoms with van der Waals surface area (Å²) in [6.07, 6.45) is 63.1. The lowest BCUT2D eigenvalue weighted by atomic mass is 10.0.